The van der Waals surface area contributed by atoms with Crippen LogP contribution >= 0.6 is 0 Å². The number of nitrogens with zero attached hydrogens (tertiary/aromatic N) is 1. The minimum atomic E-state index is -0.0945. The number of nitrogens with one attached hydrogen (secondary N) is 1. The van der Waals surface area contributed by atoms with E-state index in [1.165, 1.54) is 11.1 Å². The van der Waals surface area contributed by atoms with Crippen LogP contribution in [0.3, 0.4) is 0 Å². The molecule has 0 bridgehead atoms. The van der Waals surface area contributed by atoms with Gasteiger partial charge in [-0.25, -0.2) is 0 Å². The lowest BCUT2D eigenvalue weighted by Gasteiger charge is -2.34. The van der Waals surface area contributed by atoms with Gasteiger partial charge >= 0.3 is 0 Å². The first kappa shape index (κ1) is 17.9. The maximum absolute atomic E-state index is 12.8. The van der Waals surface area contributed by atoms with Gasteiger partial charge in [-0.3, -0.25) is 9.59 Å². The molecule has 1 heterocycles. The van der Waals surface area contributed by atoms with Gasteiger partial charge in [0.15, 0.2) is 0 Å². The van der Waals surface area contributed by atoms with Crippen molar-refractivity contribution >= 4 is 11.8 Å². The number of benzene rings is 1. The smallest absolute Gasteiger partial charge is 0.224 e. The monoisotopic (exact) mass is 343 g/mol. The summed E-state index contributed by atoms with van der Waals surface area (Å²) >= 11 is 0. The Kier molecular flexibility index (Phi) is 6.08. The molecule has 25 heavy (non-hydrogen) atoms. The summed E-state index contributed by atoms with van der Waals surface area (Å²) in [6.07, 6.45) is 5.67. The van der Waals surface area contributed by atoms with Crippen molar-refractivity contribution in [2.24, 2.45) is 11.7 Å². The van der Waals surface area contributed by atoms with Gasteiger partial charge in [0.1, 0.15) is 0 Å². The molecular weight excluding hydrogens is 314 g/mol. The number of rotatable bonds is 5. The van der Waals surface area contributed by atoms with Crippen molar-refractivity contribution < 1.29 is 9.59 Å². The van der Waals surface area contributed by atoms with Crippen molar-refractivity contribution in [2.45, 2.75) is 44.4 Å². The number of hydrogen-bond donors (Lipinski definition) is 2. The van der Waals surface area contributed by atoms with E-state index < -0.39 is 0 Å². The van der Waals surface area contributed by atoms with E-state index in [4.69, 9.17) is 5.73 Å². The van der Waals surface area contributed by atoms with Gasteiger partial charge in [0.05, 0.1) is 5.92 Å². The van der Waals surface area contributed by atoms with Crippen molar-refractivity contribution in [3.63, 3.8) is 0 Å². The fourth-order valence-corrected chi connectivity index (χ4v) is 4.16. The number of nitrogens with two attached hydrogens (primary N) is 1. The van der Waals surface area contributed by atoms with Gasteiger partial charge in [0.2, 0.25) is 11.8 Å². The number of amides is 2. The van der Waals surface area contributed by atoms with Gasteiger partial charge in [0, 0.05) is 32.6 Å². The molecule has 2 aliphatic rings. The summed E-state index contributed by atoms with van der Waals surface area (Å²) < 4.78 is 0. The summed E-state index contributed by atoms with van der Waals surface area (Å²) in [6, 6.07) is 8.51. The summed E-state index contributed by atoms with van der Waals surface area (Å²) in [5, 5.41) is 2.85. The minimum absolute atomic E-state index is 0.0333. The second-order valence-electron chi connectivity index (χ2n) is 7.25. The largest absolute Gasteiger partial charge is 0.355 e. The van der Waals surface area contributed by atoms with Gasteiger partial charge in [-0.15, -0.1) is 0 Å². The summed E-state index contributed by atoms with van der Waals surface area (Å²) in [4.78, 5) is 26.9. The molecule has 1 saturated heterocycles. The maximum atomic E-state index is 12.8. The standard InChI is InChI=1S/C20H29N3O2/c21-10-11-22-20(25)17-8-4-12-23(14-17)19(24)13-16-7-3-6-15-5-1-2-9-18(15)16/h1-2,5,9,16-17H,3-4,6-8,10-14,21H2,(H,22,25). The zero-order valence-corrected chi connectivity index (χ0v) is 14.9. The third kappa shape index (κ3) is 4.40. The lowest BCUT2D eigenvalue weighted by atomic mass is 9.80. The molecule has 0 saturated carbocycles. The van der Waals surface area contributed by atoms with Crippen LogP contribution < -0.4 is 11.1 Å². The van der Waals surface area contributed by atoms with Gasteiger partial charge < -0.3 is 16.0 Å². The molecule has 1 aliphatic carbocycles. The molecular formula is C20H29N3O2. The van der Waals surface area contributed by atoms with Crippen LogP contribution in [0, 0.1) is 5.92 Å². The minimum Gasteiger partial charge on any atom is -0.355 e. The number of fused-ring (bicyclic) bond motifs is 1. The Labute approximate surface area is 150 Å². The molecule has 2 amide bonds. The number of carbonyl (C=O) groups excluding carboxylic acids is 2. The molecule has 1 aromatic carbocycles. The van der Waals surface area contributed by atoms with Crippen molar-refractivity contribution in [1.29, 1.82) is 0 Å². The predicted octanol–water partition coefficient (Wildman–Crippen LogP) is 1.81. The van der Waals surface area contributed by atoms with Gasteiger partial charge in [-0.05, 0) is 49.1 Å². The summed E-state index contributed by atoms with van der Waals surface area (Å²) in [5.74, 6) is 0.454. The van der Waals surface area contributed by atoms with E-state index in [9.17, 15) is 9.59 Å². The highest BCUT2D eigenvalue weighted by molar-refractivity contribution is 5.81. The molecule has 3 rings (SSSR count). The van der Waals surface area contributed by atoms with Crippen LogP contribution in [0.1, 0.15) is 49.1 Å². The second-order valence-corrected chi connectivity index (χ2v) is 7.25. The van der Waals surface area contributed by atoms with Gasteiger partial charge in [-0.1, -0.05) is 24.3 Å². The first-order valence-corrected chi connectivity index (χ1v) is 9.52. The Balaban J connectivity index is 1.59. The van der Waals surface area contributed by atoms with Crippen LogP contribution in [0.2, 0.25) is 0 Å². The molecule has 0 radical (unpaired) electrons. The topological polar surface area (TPSA) is 75.4 Å². The third-order valence-electron chi connectivity index (χ3n) is 5.50. The zero-order valence-electron chi connectivity index (χ0n) is 14.9. The van der Waals surface area contributed by atoms with Crippen molar-refractivity contribution in [3.05, 3.63) is 35.4 Å². The fourth-order valence-electron chi connectivity index (χ4n) is 4.16. The molecule has 5 nitrogen and oxygen atoms in total. The third-order valence-corrected chi connectivity index (χ3v) is 5.50. The normalized spacial score (nSPS) is 23.0. The molecule has 1 fully saturated rings. The van der Waals surface area contributed by atoms with Crippen LogP contribution in [-0.4, -0.2) is 42.9 Å². The lowest BCUT2D eigenvalue weighted by Crippen LogP contribution is -2.46. The number of carbonyl (C=O) groups is 2. The molecule has 0 aromatic heterocycles. The van der Waals surface area contributed by atoms with Crippen molar-refractivity contribution in [2.75, 3.05) is 26.2 Å². The fraction of sp³-hybridized carbons (Fsp3) is 0.600. The van der Waals surface area contributed by atoms with Gasteiger partial charge in [-0.2, -0.15) is 0 Å². The van der Waals surface area contributed by atoms with E-state index in [-0.39, 0.29) is 17.7 Å². The number of likely N-dealkylation sites (tertiary alicyclic amines) is 1. The molecule has 1 aliphatic heterocycles. The highest BCUT2D eigenvalue weighted by Gasteiger charge is 2.30. The summed E-state index contributed by atoms with van der Waals surface area (Å²) in [5.41, 5.74) is 8.18. The average Bonchev–Trinajstić information content (AvgIpc) is 2.66. The Morgan fingerprint density at radius 2 is 2.04 bits per heavy atom. The Morgan fingerprint density at radius 3 is 2.88 bits per heavy atom. The molecule has 0 spiro atoms. The quantitative estimate of drug-likeness (QED) is 0.856. The molecule has 1 aromatic rings. The molecule has 2 atom stereocenters. The van der Waals surface area contributed by atoms with Crippen LogP contribution in [0.25, 0.3) is 0 Å². The van der Waals surface area contributed by atoms with E-state index >= 15 is 0 Å². The van der Waals surface area contributed by atoms with E-state index in [1.54, 1.807) is 0 Å². The highest BCUT2D eigenvalue weighted by Crippen LogP contribution is 2.34. The van der Waals surface area contributed by atoms with Crippen LogP contribution in [0.5, 0.6) is 0 Å². The average molecular weight is 343 g/mol. The Morgan fingerprint density at radius 1 is 1.20 bits per heavy atom. The lowest BCUT2D eigenvalue weighted by molar-refractivity contribution is -0.136. The number of hydrogen-bond acceptors (Lipinski definition) is 3. The van der Waals surface area contributed by atoms with E-state index in [2.05, 4.69) is 29.6 Å². The van der Waals surface area contributed by atoms with Crippen LogP contribution in [0.15, 0.2) is 24.3 Å². The second kappa shape index (κ2) is 8.48. The first-order chi connectivity index (χ1) is 12.2. The number of aryl methyl sites for hydroxylation is 1. The van der Waals surface area contributed by atoms with Crippen LogP contribution in [-0.2, 0) is 16.0 Å². The molecule has 3 N–H and O–H groups in total. The molecule has 136 valence electrons. The van der Waals surface area contributed by atoms with Crippen molar-refractivity contribution in [3.8, 4) is 0 Å². The predicted molar refractivity (Wildman–Crippen MR) is 98.1 cm³/mol. The van der Waals surface area contributed by atoms with Crippen LogP contribution in [0.4, 0.5) is 0 Å². The molecule has 2 unspecified atom stereocenters. The maximum Gasteiger partial charge on any atom is 0.224 e. The van der Waals surface area contributed by atoms with Gasteiger partial charge in [0.25, 0.3) is 0 Å². The molecule has 5 heteroatoms. The SMILES string of the molecule is NCCNC(=O)C1CCCN(C(=O)CC2CCCc3ccccc32)C1. The number of piperidine rings is 1. The highest BCUT2D eigenvalue weighted by atomic mass is 16.2. The first-order valence-electron chi connectivity index (χ1n) is 9.52. The van der Waals surface area contributed by atoms with E-state index in [0.29, 0.717) is 32.0 Å². The summed E-state index contributed by atoms with van der Waals surface area (Å²) in [6.45, 7) is 2.27. The Hall–Kier alpha value is -1.88. The van der Waals surface area contributed by atoms with Crippen molar-refractivity contribution in [1.82, 2.24) is 10.2 Å². The zero-order chi connectivity index (χ0) is 17.6. The van der Waals surface area contributed by atoms with E-state index in [1.807, 2.05) is 4.90 Å². The summed E-state index contributed by atoms with van der Waals surface area (Å²) in [7, 11) is 0. The Bertz CT molecular complexity index is 617. The van der Waals surface area contributed by atoms with E-state index in [0.717, 1.165) is 38.6 Å².